The molecule has 1 atom stereocenters. The number of hydrogen-bond acceptors (Lipinski definition) is 5. The topological polar surface area (TPSA) is 65.5 Å². The second kappa shape index (κ2) is 10.2. The molecule has 0 bridgehead atoms. The maximum atomic E-state index is 12.3. The van der Waals surface area contributed by atoms with Crippen molar-refractivity contribution in [1.82, 2.24) is 4.98 Å². The van der Waals surface area contributed by atoms with Gasteiger partial charge in [-0.05, 0) is 0 Å². The van der Waals surface area contributed by atoms with E-state index in [1.54, 1.807) is 39.0 Å². The molecule has 0 amide bonds. The summed E-state index contributed by atoms with van der Waals surface area (Å²) < 4.78 is 9.45. The number of methoxy groups -OCH3 is 1. The normalized spacial score (nSPS) is 12.8. The fourth-order valence-corrected chi connectivity index (χ4v) is 6.03. The van der Waals surface area contributed by atoms with Crippen molar-refractivity contribution in [2.45, 2.75) is 37.5 Å². The molecule has 0 aliphatic rings. The number of carbonyl (C=O) groups is 2. The summed E-state index contributed by atoms with van der Waals surface area (Å²) in [7, 11) is 1.33. The quantitative estimate of drug-likeness (QED) is 0.272. The van der Waals surface area contributed by atoms with Crippen LogP contribution >= 0.6 is 23.2 Å². The number of halogens is 2. The number of aromatic nitrogens is 1. The van der Waals surface area contributed by atoms with Crippen molar-refractivity contribution in [1.29, 1.82) is 0 Å². The van der Waals surface area contributed by atoms with Gasteiger partial charge < -0.3 is 0 Å². The van der Waals surface area contributed by atoms with Crippen LogP contribution in [0.25, 0.3) is 22.2 Å². The van der Waals surface area contributed by atoms with E-state index in [9.17, 15) is 9.59 Å². The Morgan fingerprint density at radius 2 is 1.75 bits per heavy atom. The van der Waals surface area contributed by atoms with Gasteiger partial charge in [-0.15, -0.1) is 0 Å². The van der Waals surface area contributed by atoms with Crippen molar-refractivity contribution in [2.75, 3.05) is 7.11 Å². The van der Waals surface area contributed by atoms with Crippen molar-refractivity contribution in [2.24, 2.45) is 0 Å². The van der Waals surface area contributed by atoms with E-state index in [2.05, 4.69) is 0 Å². The van der Waals surface area contributed by atoms with Crippen molar-refractivity contribution < 1.29 is 19.1 Å². The summed E-state index contributed by atoms with van der Waals surface area (Å²) in [5, 5.41) is 1.98. The van der Waals surface area contributed by atoms with Gasteiger partial charge in [0.25, 0.3) is 0 Å². The Labute approximate surface area is 204 Å². The number of fused-ring (bicyclic) bond motifs is 1. The molecule has 32 heavy (non-hydrogen) atoms. The van der Waals surface area contributed by atoms with E-state index >= 15 is 0 Å². The first-order chi connectivity index (χ1) is 15.1. The molecule has 1 aromatic heterocycles. The molecule has 0 aliphatic heterocycles. The summed E-state index contributed by atoms with van der Waals surface area (Å²) >= 11 is 11.6. The van der Waals surface area contributed by atoms with Crippen LogP contribution in [0.4, 0.5) is 4.79 Å². The third kappa shape index (κ3) is 6.25. The fourth-order valence-electron chi connectivity index (χ4n) is 3.14. The van der Waals surface area contributed by atoms with Gasteiger partial charge in [-0.2, -0.15) is 0 Å². The van der Waals surface area contributed by atoms with Crippen molar-refractivity contribution in [3.8, 4) is 11.3 Å². The number of carbonyl (C=O) groups excluding carboxylic acids is 2. The molecule has 3 rings (SSSR count). The summed E-state index contributed by atoms with van der Waals surface area (Å²) in [6, 6.07) is 14.9. The molecule has 0 saturated carbocycles. The predicted molar refractivity (Wildman–Crippen MR) is 129 cm³/mol. The van der Waals surface area contributed by atoms with Crippen LogP contribution < -0.4 is 0 Å². The number of rotatable bonds is 6. The van der Waals surface area contributed by atoms with Crippen LogP contribution in [-0.4, -0.2) is 44.2 Å². The van der Waals surface area contributed by atoms with E-state index in [1.165, 1.54) is 7.11 Å². The standard InChI is InChI=1S/C24H23AsCl2NO4/c1-24(2,3)32-23(30)25-16(22(29)31-4)13-14-8-10-19-15(12-14)9-11-20(28-19)21-17(26)6-5-7-18(21)27/h5-12,16H,13H2,1-4H3. The number of hydrogen-bond donors (Lipinski definition) is 0. The molecule has 1 unspecified atom stereocenters. The van der Waals surface area contributed by atoms with Gasteiger partial charge in [-0.3, -0.25) is 0 Å². The summed E-state index contributed by atoms with van der Waals surface area (Å²) in [4.78, 5) is 29.3. The summed E-state index contributed by atoms with van der Waals surface area (Å²) in [6.45, 7) is 5.42. The van der Waals surface area contributed by atoms with Gasteiger partial charge in [0.2, 0.25) is 0 Å². The van der Waals surface area contributed by atoms with Crippen LogP contribution in [-0.2, 0) is 20.7 Å². The minimum atomic E-state index is -1.04. The van der Waals surface area contributed by atoms with Crippen LogP contribution in [0, 0.1) is 0 Å². The molecule has 1 radical (unpaired) electrons. The van der Waals surface area contributed by atoms with E-state index in [-0.39, 0.29) is 4.76 Å². The van der Waals surface area contributed by atoms with Crippen molar-refractivity contribution in [3.05, 3.63) is 64.1 Å². The molecule has 0 saturated heterocycles. The number of esters is 1. The van der Waals surface area contributed by atoms with Crippen LogP contribution in [0.15, 0.2) is 48.5 Å². The average molecular weight is 535 g/mol. The zero-order valence-electron chi connectivity index (χ0n) is 18.2. The first kappa shape index (κ1) is 24.6. The molecule has 5 nitrogen and oxygen atoms in total. The second-order valence-corrected chi connectivity index (χ2v) is 11.6. The third-order valence-corrected chi connectivity index (χ3v) is 7.27. The van der Waals surface area contributed by atoms with Gasteiger partial charge >= 0.3 is 205 Å². The fraction of sp³-hybridized carbons (Fsp3) is 0.292. The van der Waals surface area contributed by atoms with Crippen LogP contribution in [0.5, 0.6) is 0 Å². The Morgan fingerprint density at radius 1 is 1.06 bits per heavy atom. The molecular weight excluding hydrogens is 512 g/mol. The first-order valence-electron chi connectivity index (χ1n) is 9.93. The molecule has 2 aromatic carbocycles. The summed E-state index contributed by atoms with van der Waals surface area (Å²) in [5.74, 6) is -0.405. The van der Waals surface area contributed by atoms with Crippen molar-refractivity contribution >= 4 is 60.6 Å². The molecule has 0 N–H and O–H groups in total. The van der Waals surface area contributed by atoms with Crippen molar-refractivity contribution in [3.63, 3.8) is 0 Å². The zero-order valence-corrected chi connectivity index (χ0v) is 21.6. The van der Waals surface area contributed by atoms with Gasteiger partial charge in [0.1, 0.15) is 0 Å². The van der Waals surface area contributed by atoms with Gasteiger partial charge in [0, 0.05) is 0 Å². The average Bonchev–Trinajstić information content (AvgIpc) is 2.71. The monoisotopic (exact) mass is 534 g/mol. The molecule has 0 aliphatic carbocycles. The van der Waals surface area contributed by atoms with Gasteiger partial charge in [-0.1, -0.05) is 0 Å². The van der Waals surface area contributed by atoms with E-state index in [1.807, 2.05) is 30.3 Å². The van der Waals surface area contributed by atoms with E-state index in [4.69, 9.17) is 37.7 Å². The molecule has 3 aromatic rings. The molecule has 167 valence electrons. The number of ether oxygens (including phenoxy) is 2. The molecule has 8 heteroatoms. The maximum absolute atomic E-state index is 12.3. The first-order valence-corrected chi connectivity index (χ1v) is 12.7. The third-order valence-electron chi connectivity index (χ3n) is 4.53. The Balaban J connectivity index is 1.85. The molecule has 0 fully saturated rings. The zero-order chi connectivity index (χ0) is 23.5. The van der Waals surface area contributed by atoms with Crippen LogP contribution in [0.2, 0.25) is 14.8 Å². The number of benzene rings is 2. The van der Waals surface area contributed by atoms with E-state index in [0.717, 1.165) is 16.5 Å². The SMILES string of the molecule is COC(=O)C(Cc1ccc2nc(-c3c(Cl)cccc3Cl)ccc2c1)[As]C(=O)OC(C)(C)C. The minimum absolute atomic E-state index is 0.340. The van der Waals surface area contributed by atoms with Crippen LogP contribution in [0.1, 0.15) is 26.3 Å². The summed E-state index contributed by atoms with van der Waals surface area (Å²) in [5.41, 5.74) is 2.47. The predicted octanol–water partition coefficient (Wildman–Crippen LogP) is 6.35. The van der Waals surface area contributed by atoms with E-state index in [0.29, 0.717) is 27.7 Å². The van der Waals surface area contributed by atoms with E-state index < -0.39 is 32.0 Å². The second-order valence-electron chi connectivity index (χ2n) is 8.17. The van der Waals surface area contributed by atoms with Gasteiger partial charge in [-0.25, -0.2) is 0 Å². The molecule has 0 spiro atoms. The van der Waals surface area contributed by atoms with Crippen LogP contribution in [0.3, 0.4) is 0 Å². The van der Waals surface area contributed by atoms with Gasteiger partial charge in [0.05, 0.1) is 0 Å². The Kier molecular flexibility index (Phi) is 7.87. The Morgan fingerprint density at radius 3 is 2.38 bits per heavy atom. The Bertz CT molecular complexity index is 1140. The van der Waals surface area contributed by atoms with Gasteiger partial charge in [0.15, 0.2) is 0 Å². The molecular formula is C24H23AsCl2NO4. The summed E-state index contributed by atoms with van der Waals surface area (Å²) in [6.07, 6.45) is 0.389. The molecule has 1 heterocycles. The number of nitrogens with zero attached hydrogens (tertiary/aromatic N) is 1. The number of pyridine rings is 1. The Hall–Kier alpha value is -2.07.